The second kappa shape index (κ2) is 8.19. The minimum absolute atomic E-state index is 0. The van der Waals surface area contributed by atoms with Gasteiger partial charge in [0.05, 0.1) is 17.9 Å². The summed E-state index contributed by atoms with van der Waals surface area (Å²) in [6.45, 7) is 7.89. The minimum atomic E-state index is -0.913. The van der Waals surface area contributed by atoms with Crippen molar-refractivity contribution in [2.75, 3.05) is 36.0 Å². The van der Waals surface area contributed by atoms with Crippen molar-refractivity contribution in [3.8, 4) is 5.75 Å². The Labute approximate surface area is 177 Å². The Balaban J connectivity index is 0.00000225. The van der Waals surface area contributed by atoms with Crippen molar-refractivity contribution in [1.29, 1.82) is 0 Å². The van der Waals surface area contributed by atoms with Gasteiger partial charge in [0.15, 0.2) is 11.4 Å². The Morgan fingerprint density at radius 3 is 2.39 bits per heavy atom. The van der Waals surface area contributed by atoms with Crippen LogP contribution in [0.15, 0.2) is 42.5 Å². The third-order valence-corrected chi connectivity index (χ3v) is 5.35. The van der Waals surface area contributed by atoms with Crippen LogP contribution in [0.1, 0.15) is 19.4 Å². The molecule has 0 spiro atoms. The molecule has 1 amide bonds. The number of ether oxygens (including phenoxy) is 1. The molecule has 1 N–H and O–H groups in total. The van der Waals surface area contributed by atoms with E-state index < -0.39 is 5.60 Å². The molecule has 0 bridgehead atoms. The highest BCUT2D eigenvalue weighted by molar-refractivity contribution is 6.30. The Kier molecular flexibility index (Phi) is 6.08. The monoisotopic (exact) mass is 421 g/mol. The van der Waals surface area contributed by atoms with Gasteiger partial charge in [0, 0.05) is 31.2 Å². The van der Waals surface area contributed by atoms with E-state index in [1.54, 1.807) is 0 Å². The number of nitrogens with one attached hydrogen (secondary N) is 1. The average molecular weight is 422 g/mol. The standard InChI is InChI=1S/C21H24ClN3O2.ClH/c1-21(2)20(26)25(14-15-6-8-16(22)9-7-15)18-5-3-4-17(19(18)27-21)24-12-10-23-11-13-24;/h3-9,23H,10-14H2,1-2H3;1H. The maximum atomic E-state index is 13.1. The molecule has 1 saturated heterocycles. The zero-order valence-corrected chi connectivity index (χ0v) is 17.6. The van der Waals surface area contributed by atoms with E-state index in [0.29, 0.717) is 11.6 Å². The maximum Gasteiger partial charge on any atom is 0.271 e. The fourth-order valence-corrected chi connectivity index (χ4v) is 3.77. The van der Waals surface area contributed by atoms with E-state index in [2.05, 4.69) is 16.3 Å². The highest BCUT2D eigenvalue weighted by atomic mass is 35.5. The molecule has 2 aromatic carbocycles. The minimum Gasteiger partial charge on any atom is -0.474 e. The van der Waals surface area contributed by atoms with Crippen molar-refractivity contribution < 1.29 is 9.53 Å². The first-order chi connectivity index (χ1) is 13.0. The van der Waals surface area contributed by atoms with Crippen molar-refractivity contribution >= 4 is 41.3 Å². The van der Waals surface area contributed by atoms with Crippen molar-refractivity contribution in [1.82, 2.24) is 5.32 Å². The smallest absolute Gasteiger partial charge is 0.271 e. The van der Waals surface area contributed by atoms with Crippen LogP contribution in [0, 0.1) is 0 Å². The topological polar surface area (TPSA) is 44.8 Å². The fourth-order valence-electron chi connectivity index (χ4n) is 3.65. The lowest BCUT2D eigenvalue weighted by Crippen LogP contribution is -2.52. The molecule has 2 aliphatic rings. The van der Waals surface area contributed by atoms with Crippen LogP contribution >= 0.6 is 24.0 Å². The second-order valence-electron chi connectivity index (χ2n) is 7.49. The van der Waals surface area contributed by atoms with Gasteiger partial charge < -0.3 is 19.9 Å². The van der Waals surface area contributed by atoms with Crippen molar-refractivity contribution in [3.63, 3.8) is 0 Å². The van der Waals surface area contributed by atoms with Crippen LogP contribution < -0.4 is 19.9 Å². The van der Waals surface area contributed by atoms with Crippen molar-refractivity contribution in [2.24, 2.45) is 0 Å². The zero-order chi connectivity index (χ0) is 19.0. The summed E-state index contributed by atoms with van der Waals surface area (Å²) in [7, 11) is 0. The number of carbonyl (C=O) groups excluding carboxylic acids is 1. The number of rotatable bonds is 3. The molecule has 7 heteroatoms. The molecular weight excluding hydrogens is 397 g/mol. The normalized spacial score (nSPS) is 18.2. The maximum absolute atomic E-state index is 13.1. The number of halogens is 2. The van der Waals surface area contributed by atoms with Crippen LogP contribution in [-0.4, -0.2) is 37.7 Å². The Morgan fingerprint density at radius 2 is 1.71 bits per heavy atom. The predicted octanol–water partition coefficient (Wildman–Crippen LogP) is 3.88. The molecule has 0 radical (unpaired) electrons. The number of carbonyl (C=O) groups is 1. The van der Waals surface area contributed by atoms with Crippen LogP contribution in [0.5, 0.6) is 5.75 Å². The highest BCUT2D eigenvalue weighted by Gasteiger charge is 2.42. The summed E-state index contributed by atoms with van der Waals surface area (Å²) in [4.78, 5) is 17.3. The first-order valence-electron chi connectivity index (χ1n) is 9.30. The molecule has 4 rings (SSSR count). The molecule has 150 valence electrons. The number of anilines is 2. The van der Waals surface area contributed by atoms with E-state index in [1.165, 1.54) is 0 Å². The lowest BCUT2D eigenvalue weighted by atomic mass is 10.0. The molecule has 0 aliphatic carbocycles. The zero-order valence-electron chi connectivity index (χ0n) is 16.1. The summed E-state index contributed by atoms with van der Waals surface area (Å²) < 4.78 is 6.23. The van der Waals surface area contributed by atoms with Gasteiger partial charge in [0.1, 0.15) is 0 Å². The van der Waals surface area contributed by atoms with Crippen LogP contribution in [0.3, 0.4) is 0 Å². The number of hydrogen-bond donors (Lipinski definition) is 1. The molecule has 2 heterocycles. The summed E-state index contributed by atoms with van der Waals surface area (Å²) >= 11 is 6.01. The quantitative estimate of drug-likeness (QED) is 0.816. The van der Waals surface area contributed by atoms with Gasteiger partial charge in [0.25, 0.3) is 5.91 Å². The summed E-state index contributed by atoms with van der Waals surface area (Å²) in [6, 6.07) is 13.7. The van der Waals surface area contributed by atoms with Crippen LogP contribution in [-0.2, 0) is 11.3 Å². The van der Waals surface area contributed by atoms with Crippen molar-refractivity contribution in [3.05, 3.63) is 53.1 Å². The molecule has 0 unspecified atom stereocenters. The molecular formula is C21H25Cl2N3O2. The predicted molar refractivity (Wildman–Crippen MR) is 116 cm³/mol. The molecule has 0 aromatic heterocycles. The summed E-state index contributed by atoms with van der Waals surface area (Å²) in [5.74, 6) is 0.750. The lowest BCUT2D eigenvalue weighted by molar-refractivity contribution is -0.132. The number of para-hydroxylation sites is 1. The number of benzene rings is 2. The third-order valence-electron chi connectivity index (χ3n) is 5.09. The first kappa shape index (κ1) is 20.8. The molecule has 0 saturated carbocycles. The Hall–Kier alpha value is -1.95. The van der Waals surface area contributed by atoms with Gasteiger partial charge >= 0.3 is 0 Å². The Morgan fingerprint density at radius 1 is 1.07 bits per heavy atom. The van der Waals surface area contributed by atoms with E-state index in [9.17, 15) is 4.79 Å². The van der Waals surface area contributed by atoms with Crippen LogP contribution in [0.25, 0.3) is 0 Å². The van der Waals surface area contributed by atoms with Gasteiger partial charge in [-0.15, -0.1) is 12.4 Å². The van der Waals surface area contributed by atoms with E-state index in [0.717, 1.165) is 48.9 Å². The summed E-state index contributed by atoms with van der Waals surface area (Å²) in [5, 5.41) is 4.06. The fraction of sp³-hybridized carbons (Fsp3) is 0.381. The van der Waals surface area contributed by atoms with Gasteiger partial charge in [0.2, 0.25) is 0 Å². The molecule has 2 aromatic rings. The molecule has 2 aliphatic heterocycles. The van der Waals surface area contributed by atoms with E-state index in [1.807, 2.05) is 55.1 Å². The SMILES string of the molecule is CC1(C)Oc2c(N3CCNCC3)cccc2N(Cc2ccc(Cl)cc2)C1=O.Cl. The van der Waals surface area contributed by atoms with Gasteiger partial charge in [-0.2, -0.15) is 0 Å². The van der Waals surface area contributed by atoms with Gasteiger partial charge in [-0.05, 0) is 43.7 Å². The third kappa shape index (κ3) is 3.93. The average Bonchev–Trinajstić information content (AvgIpc) is 2.67. The first-order valence-corrected chi connectivity index (χ1v) is 9.67. The molecule has 0 atom stereocenters. The van der Waals surface area contributed by atoms with Crippen LogP contribution in [0.2, 0.25) is 5.02 Å². The number of hydrogen-bond acceptors (Lipinski definition) is 4. The Bertz CT molecular complexity index is 849. The molecule has 5 nitrogen and oxygen atoms in total. The van der Waals surface area contributed by atoms with Gasteiger partial charge in [-0.25, -0.2) is 0 Å². The summed E-state index contributed by atoms with van der Waals surface area (Å²) in [6.07, 6.45) is 0. The molecule has 1 fully saturated rings. The largest absolute Gasteiger partial charge is 0.474 e. The van der Waals surface area contributed by atoms with E-state index in [-0.39, 0.29) is 18.3 Å². The van der Waals surface area contributed by atoms with Crippen LogP contribution in [0.4, 0.5) is 11.4 Å². The number of fused-ring (bicyclic) bond motifs is 1. The highest BCUT2D eigenvalue weighted by Crippen LogP contribution is 2.45. The van der Waals surface area contributed by atoms with E-state index in [4.69, 9.17) is 16.3 Å². The van der Waals surface area contributed by atoms with Gasteiger partial charge in [-0.1, -0.05) is 29.8 Å². The summed E-state index contributed by atoms with van der Waals surface area (Å²) in [5.41, 5.74) is 1.99. The van der Waals surface area contributed by atoms with E-state index >= 15 is 0 Å². The number of piperazine rings is 1. The lowest BCUT2D eigenvalue weighted by Gasteiger charge is -2.41. The second-order valence-corrected chi connectivity index (χ2v) is 7.93. The number of nitrogens with zero attached hydrogens (tertiary/aromatic N) is 2. The van der Waals surface area contributed by atoms with Gasteiger partial charge in [-0.3, -0.25) is 4.79 Å². The molecule has 28 heavy (non-hydrogen) atoms. The number of amides is 1. The van der Waals surface area contributed by atoms with Crippen molar-refractivity contribution in [2.45, 2.75) is 26.0 Å².